The van der Waals surface area contributed by atoms with Gasteiger partial charge in [0.25, 0.3) is 0 Å². The maximum atomic E-state index is 13.6. The van der Waals surface area contributed by atoms with Gasteiger partial charge in [-0.05, 0) is 25.5 Å². The molecule has 0 amide bonds. The summed E-state index contributed by atoms with van der Waals surface area (Å²) >= 11 is 0. The van der Waals surface area contributed by atoms with Crippen molar-refractivity contribution < 1.29 is 9.13 Å². The van der Waals surface area contributed by atoms with Gasteiger partial charge in [-0.3, -0.25) is 0 Å². The first-order valence-corrected chi connectivity index (χ1v) is 6.47. The van der Waals surface area contributed by atoms with Crippen LogP contribution in [0.3, 0.4) is 0 Å². The van der Waals surface area contributed by atoms with Gasteiger partial charge in [0.1, 0.15) is 5.82 Å². The molecule has 0 heterocycles. The number of nitrogens with zero attached hydrogens (tertiary/aromatic N) is 2. The standard InChI is InChI=1S/C14H19FN4O/c1-2-20-7-3-6-18-14(17)19-10-12-5-4-11(9-16)8-13(12)15/h4-5,8H,2-3,6-7,10H2,1H3,(H3,17,18,19). The van der Waals surface area contributed by atoms with E-state index in [9.17, 15) is 4.39 Å². The summed E-state index contributed by atoms with van der Waals surface area (Å²) in [6.07, 6.45) is 0.829. The van der Waals surface area contributed by atoms with Crippen LogP contribution in [0.1, 0.15) is 24.5 Å². The van der Waals surface area contributed by atoms with Gasteiger partial charge in [-0.1, -0.05) is 6.07 Å². The Morgan fingerprint density at radius 2 is 2.35 bits per heavy atom. The van der Waals surface area contributed by atoms with Crippen LogP contribution >= 0.6 is 0 Å². The average molecular weight is 278 g/mol. The van der Waals surface area contributed by atoms with E-state index in [1.54, 1.807) is 12.1 Å². The Morgan fingerprint density at radius 3 is 3.00 bits per heavy atom. The molecule has 6 heteroatoms. The Labute approximate surface area is 118 Å². The molecule has 20 heavy (non-hydrogen) atoms. The van der Waals surface area contributed by atoms with Gasteiger partial charge in [0.2, 0.25) is 0 Å². The van der Waals surface area contributed by atoms with E-state index in [1.807, 2.05) is 13.0 Å². The van der Waals surface area contributed by atoms with Crippen molar-refractivity contribution >= 4 is 5.96 Å². The van der Waals surface area contributed by atoms with Gasteiger partial charge in [-0.15, -0.1) is 0 Å². The maximum absolute atomic E-state index is 13.6. The van der Waals surface area contributed by atoms with E-state index in [1.165, 1.54) is 6.07 Å². The summed E-state index contributed by atoms with van der Waals surface area (Å²) in [5.74, 6) is -0.179. The second-order valence-electron chi connectivity index (χ2n) is 4.10. The molecule has 0 saturated heterocycles. The second kappa shape index (κ2) is 8.88. The number of ether oxygens (including phenoxy) is 1. The number of nitriles is 1. The zero-order chi connectivity index (χ0) is 14.8. The molecule has 0 aliphatic rings. The predicted octanol–water partition coefficient (Wildman–Crippen LogP) is 1.53. The lowest BCUT2D eigenvalue weighted by Crippen LogP contribution is -2.32. The van der Waals surface area contributed by atoms with Crippen molar-refractivity contribution in [2.45, 2.75) is 19.9 Å². The van der Waals surface area contributed by atoms with Gasteiger partial charge < -0.3 is 15.8 Å². The van der Waals surface area contributed by atoms with Gasteiger partial charge in [0.15, 0.2) is 5.96 Å². The van der Waals surface area contributed by atoms with E-state index in [-0.39, 0.29) is 18.1 Å². The molecule has 0 atom stereocenters. The summed E-state index contributed by atoms with van der Waals surface area (Å²) in [5, 5.41) is 11.6. The van der Waals surface area contributed by atoms with Crippen molar-refractivity contribution in [3.8, 4) is 6.07 Å². The quantitative estimate of drug-likeness (QED) is 0.450. The predicted molar refractivity (Wildman–Crippen MR) is 75.6 cm³/mol. The molecule has 108 valence electrons. The summed E-state index contributed by atoms with van der Waals surface area (Å²) in [4.78, 5) is 4.05. The van der Waals surface area contributed by atoms with Crippen molar-refractivity contribution in [3.05, 3.63) is 35.1 Å². The third-order valence-electron chi connectivity index (χ3n) is 2.58. The third kappa shape index (κ3) is 5.67. The largest absolute Gasteiger partial charge is 0.382 e. The summed E-state index contributed by atoms with van der Waals surface area (Å²) in [5.41, 5.74) is 6.36. The normalized spacial score (nSPS) is 11.2. The van der Waals surface area contributed by atoms with E-state index in [0.29, 0.717) is 25.3 Å². The lowest BCUT2D eigenvalue weighted by Gasteiger charge is -2.06. The lowest BCUT2D eigenvalue weighted by molar-refractivity contribution is 0.145. The van der Waals surface area contributed by atoms with E-state index in [2.05, 4.69) is 10.3 Å². The Kier molecular flexibility index (Phi) is 7.07. The number of guanidine groups is 1. The molecule has 1 aromatic carbocycles. The molecule has 0 spiro atoms. The SMILES string of the molecule is CCOCCCNC(N)=NCc1ccc(C#N)cc1F. The molecule has 1 rings (SSSR count). The van der Waals surface area contributed by atoms with Crippen molar-refractivity contribution in [1.82, 2.24) is 5.32 Å². The Balaban J connectivity index is 2.41. The van der Waals surface area contributed by atoms with Crippen molar-refractivity contribution in [3.63, 3.8) is 0 Å². The summed E-state index contributed by atoms with van der Waals surface area (Å²) in [6, 6.07) is 6.17. The number of aliphatic imine (C=N–C) groups is 1. The average Bonchev–Trinajstić information content (AvgIpc) is 2.45. The van der Waals surface area contributed by atoms with Gasteiger partial charge in [0.05, 0.1) is 18.2 Å². The van der Waals surface area contributed by atoms with Crippen LogP contribution in [0.15, 0.2) is 23.2 Å². The Bertz CT molecular complexity index is 496. The first-order chi connectivity index (χ1) is 9.67. The van der Waals surface area contributed by atoms with E-state index < -0.39 is 5.82 Å². The number of halogens is 1. The number of hydrogen-bond donors (Lipinski definition) is 2. The first kappa shape index (κ1) is 15.9. The van der Waals surface area contributed by atoms with Gasteiger partial charge in [0, 0.05) is 25.3 Å². The smallest absolute Gasteiger partial charge is 0.188 e. The highest BCUT2D eigenvalue weighted by molar-refractivity contribution is 5.77. The van der Waals surface area contributed by atoms with Crippen molar-refractivity contribution in [2.24, 2.45) is 10.7 Å². The molecule has 0 bridgehead atoms. The summed E-state index contributed by atoms with van der Waals surface area (Å²) < 4.78 is 18.8. The highest BCUT2D eigenvalue weighted by Crippen LogP contribution is 2.10. The number of nitrogens with two attached hydrogens (primary N) is 1. The monoisotopic (exact) mass is 278 g/mol. The lowest BCUT2D eigenvalue weighted by atomic mass is 10.1. The minimum atomic E-state index is -0.447. The van der Waals surface area contributed by atoms with Crippen molar-refractivity contribution in [2.75, 3.05) is 19.8 Å². The number of hydrogen-bond acceptors (Lipinski definition) is 3. The minimum absolute atomic E-state index is 0.141. The summed E-state index contributed by atoms with van der Waals surface area (Å²) in [7, 11) is 0. The van der Waals surface area contributed by atoms with Crippen LogP contribution in [-0.4, -0.2) is 25.7 Å². The molecule has 0 fully saturated rings. The molecule has 0 aromatic heterocycles. The molecule has 0 aliphatic heterocycles. The van der Waals surface area contributed by atoms with Crippen LogP contribution in [0.4, 0.5) is 4.39 Å². The fourth-order valence-corrected chi connectivity index (χ4v) is 1.51. The third-order valence-corrected chi connectivity index (χ3v) is 2.58. The topological polar surface area (TPSA) is 83.4 Å². The summed E-state index contributed by atoms with van der Waals surface area (Å²) in [6.45, 7) is 4.10. The van der Waals surface area contributed by atoms with Crippen LogP contribution in [0.2, 0.25) is 0 Å². The molecular formula is C14H19FN4O. The Morgan fingerprint density at radius 1 is 1.55 bits per heavy atom. The molecule has 0 saturated carbocycles. The molecule has 1 aromatic rings. The highest BCUT2D eigenvalue weighted by Gasteiger charge is 2.03. The van der Waals surface area contributed by atoms with Crippen LogP contribution in [0.25, 0.3) is 0 Å². The molecule has 0 radical (unpaired) electrons. The fourth-order valence-electron chi connectivity index (χ4n) is 1.51. The number of nitrogens with one attached hydrogen (secondary N) is 1. The fraction of sp³-hybridized carbons (Fsp3) is 0.429. The van der Waals surface area contributed by atoms with Gasteiger partial charge >= 0.3 is 0 Å². The highest BCUT2D eigenvalue weighted by atomic mass is 19.1. The Hall–Kier alpha value is -2.13. The van der Waals surface area contributed by atoms with Gasteiger partial charge in [-0.2, -0.15) is 5.26 Å². The second-order valence-corrected chi connectivity index (χ2v) is 4.10. The van der Waals surface area contributed by atoms with Gasteiger partial charge in [-0.25, -0.2) is 9.38 Å². The van der Waals surface area contributed by atoms with E-state index >= 15 is 0 Å². The first-order valence-electron chi connectivity index (χ1n) is 6.47. The maximum Gasteiger partial charge on any atom is 0.188 e. The number of benzene rings is 1. The molecule has 3 N–H and O–H groups in total. The molecule has 0 unspecified atom stereocenters. The number of rotatable bonds is 7. The zero-order valence-electron chi connectivity index (χ0n) is 11.5. The van der Waals surface area contributed by atoms with E-state index in [0.717, 1.165) is 6.42 Å². The minimum Gasteiger partial charge on any atom is -0.382 e. The van der Waals surface area contributed by atoms with Crippen LogP contribution in [-0.2, 0) is 11.3 Å². The molecular weight excluding hydrogens is 259 g/mol. The van der Waals surface area contributed by atoms with Crippen LogP contribution < -0.4 is 11.1 Å². The van der Waals surface area contributed by atoms with Crippen LogP contribution in [0, 0.1) is 17.1 Å². The van der Waals surface area contributed by atoms with Crippen molar-refractivity contribution in [1.29, 1.82) is 5.26 Å². The molecule has 5 nitrogen and oxygen atoms in total. The zero-order valence-corrected chi connectivity index (χ0v) is 11.5. The molecule has 0 aliphatic carbocycles. The van der Waals surface area contributed by atoms with Crippen LogP contribution in [0.5, 0.6) is 0 Å². The van der Waals surface area contributed by atoms with E-state index in [4.69, 9.17) is 15.7 Å².